The lowest BCUT2D eigenvalue weighted by Crippen LogP contribution is -2.23. The second-order valence-corrected chi connectivity index (χ2v) is 4.27. The SMILES string of the molecule is CCOC(=O)C(=O)c1c(C)c(C)cc2c1OCCO2. The van der Waals surface area contributed by atoms with E-state index in [1.807, 2.05) is 13.0 Å². The van der Waals surface area contributed by atoms with Gasteiger partial charge in [0, 0.05) is 0 Å². The average Bonchev–Trinajstić information content (AvgIpc) is 2.40. The molecule has 0 radical (unpaired) electrons. The van der Waals surface area contributed by atoms with Crippen molar-refractivity contribution in [1.82, 2.24) is 0 Å². The predicted molar refractivity (Wildman–Crippen MR) is 67.9 cm³/mol. The van der Waals surface area contributed by atoms with Gasteiger partial charge in [-0.15, -0.1) is 0 Å². The lowest BCUT2D eigenvalue weighted by atomic mass is 9.97. The third-order valence-corrected chi connectivity index (χ3v) is 3.04. The molecule has 1 aliphatic heterocycles. The van der Waals surface area contributed by atoms with Gasteiger partial charge in [-0.25, -0.2) is 4.79 Å². The van der Waals surface area contributed by atoms with E-state index in [-0.39, 0.29) is 12.2 Å². The molecule has 102 valence electrons. The summed E-state index contributed by atoms with van der Waals surface area (Å²) in [5.41, 5.74) is 1.83. The van der Waals surface area contributed by atoms with Gasteiger partial charge < -0.3 is 14.2 Å². The first-order valence-corrected chi connectivity index (χ1v) is 6.17. The number of Topliss-reactive ketones (excluding diaryl/α,β-unsaturated/α-hetero) is 1. The smallest absolute Gasteiger partial charge is 0.379 e. The molecule has 1 aliphatic rings. The number of benzene rings is 1. The average molecular weight is 264 g/mol. The molecule has 0 spiro atoms. The molecule has 2 rings (SSSR count). The van der Waals surface area contributed by atoms with Crippen LogP contribution < -0.4 is 9.47 Å². The second-order valence-electron chi connectivity index (χ2n) is 4.27. The van der Waals surface area contributed by atoms with E-state index in [4.69, 9.17) is 14.2 Å². The Kier molecular flexibility index (Phi) is 3.74. The molecule has 5 heteroatoms. The van der Waals surface area contributed by atoms with Crippen molar-refractivity contribution in [3.8, 4) is 11.5 Å². The summed E-state index contributed by atoms with van der Waals surface area (Å²) >= 11 is 0. The first-order chi connectivity index (χ1) is 9.06. The Morgan fingerprint density at radius 1 is 1.26 bits per heavy atom. The third kappa shape index (κ3) is 2.41. The summed E-state index contributed by atoms with van der Waals surface area (Å²) in [6.07, 6.45) is 0. The molecule has 0 atom stereocenters. The fourth-order valence-electron chi connectivity index (χ4n) is 1.98. The summed E-state index contributed by atoms with van der Waals surface area (Å²) in [6.45, 7) is 6.25. The second kappa shape index (κ2) is 5.30. The lowest BCUT2D eigenvalue weighted by molar-refractivity contribution is -0.137. The number of hydrogen-bond donors (Lipinski definition) is 0. The molecule has 0 amide bonds. The van der Waals surface area contributed by atoms with Crippen molar-refractivity contribution in [2.45, 2.75) is 20.8 Å². The molecule has 0 saturated carbocycles. The minimum atomic E-state index is -0.868. The Bertz CT molecular complexity index is 533. The van der Waals surface area contributed by atoms with E-state index in [2.05, 4.69) is 0 Å². The van der Waals surface area contributed by atoms with E-state index in [9.17, 15) is 9.59 Å². The minimum Gasteiger partial charge on any atom is -0.486 e. The van der Waals surface area contributed by atoms with Crippen LogP contribution in [0.3, 0.4) is 0 Å². The zero-order valence-electron chi connectivity index (χ0n) is 11.2. The Labute approximate surface area is 111 Å². The van der Waals surface area contributed by atoms with Gasteiger partial charge in [0.05, 0.1) is 12.2 Å². The number of fused-ring (bicyclic) bond motifs is 1. The largest absolute Gasteiger partial charge is 0.486 e. The van der Waals surface area contributed by atoms with Crippen LogP contribution in [-0.4, -0.2) is 31.6 Å². The molecule has 1 heterocycles. The molecule has 0 unspecified atom stereocenters. The molecular weight excluding hydrogens is 248 g/mol. The highest BCUT2D eigenvalue weighted by Crippen LogP contribution is 2.38. The van der Waals surface area contributed by atoms with Crippen molar-refractivity contribution in [2.24, 2.45) is 0 Å². The number of ketones is 1. The maximum Gasteiger partial charge on any atom is 0.379 e. The van der Waals surface area contributed by atoms with Crippen LogP contribution in [0.25, 0.3) is 0 Å². The molecule has 5 nitrogen and oxygen atoms in total. The number of carbonyl (C=O) groups excluding carboxylic acids is 2. The Hall–Kier alpha value is -2.04. The van der Waals surface area contributed by atoms with Gasteiger partial charge in [0.2, 0.25) is 0 Å². The molecule has 0 aromatic heterocycles. The molecular formula is C14H16O5. The highest BCUT2D eigenvalue weighted by Gasteiger charge is 2.29. The van der Waals surface area contributed by atoms with Gasteiger partial charge in [-0.3, -0.25) is 4.79 Å². The summed E-state index contributed by atoms with van der Waals surface area (Å²) in [6, 6.07) is 1.81. The summed E-state index contributed by atoms with van der Waals surface area (Å²) in [5, 5.41) is 0. The lowest BCUT2D eigenvalue weighted by Gasteiger charge is -2.22. The van der Waals surface area contributed by atoms with Crippen molar-refractivity contribution in [2.75, 3.05) is 19.8 Å². The third-order valence-electron chi connectivity index (χ3n) is 3.04. The van der Waals surface area contributed by atoms with E-state index in [1.165, 1.54) is 0 Å². The predicted octanol–water partition coefficient (Wildman–Crippen LogP) is 1.82. The van der Waals surface area contributed by atoms with E-state index < -0.39 is 11.8 Å². The standard InChI is InChI=1S/C14H16O5/c1-4-17-14(16)12(15)11-9(3)8(2)7-10-13(11)19-6-5-18-10/h7H,4-6H2,1-3H3. The molecule has 1 aromatic carbocycles. The van der Waals surface area contributed by atoms with Crippen molar-refractivity contribution in [3.63, 3.8) is 0 Å². The van der Waals surface area contributed by atoms with Crippen molar-refractivity contribution >= 4 is 11.8 Å². The van der Waals surface area contributed by atoms with Gasteiger partial charge in [0.1, 0.15) is 13.2 Å². The number of esters is 1. The fraction of sp³-hybridized carbons (Fsp3) is 0.429. The Morgan fingerprint density at radius 3 is 2.63 bits per heavy atom. The topological polar surface area (TPSA) is 61.8 Å². The van der Waals surface area contributed by atoms with E-state index in [1.54, 1.807) is 13.8 Å². The number of carbonyl (C=O) groups is 2. The molecule has 0 aliphatic carbocycles. The van der Waals surface area contributed by atoms with Crippen LogP contribution in [0.2, 0.25) is 0 Å². The van der Waals surface area contributed by atoms with Gasteiger partial charge >= 0.3 is 5.97 Å². The zero-order chi connectivity index (χ0) is 14.0. The molecule has 0 N–H and O–H groups in total. The van der Waals surface area contributed by atoms with Gasteiger partial charge in [-0.05, 0) is 38.0 Å². The minimum absolute atomic E-state index is 0.162. The number of ether oxygens (including phenoxy) is 3. The van der Waals surface area contributed by atoms with E-state index in [0.29, 0.717) is 30.3 Å². The van der Waals surface area contributed by atoms with Crippen LogP contribution in [0.1, 0.15) is 28.4 Å². The van der Waals surface area contributed by atoms with Crippen LogP contribution in [0.5, 0.6) is 11.5 Å². The zero-order valence-corrected chi connectivity index (χ0v) is 11.2. The molecule has 1 aromatic rings. The number of aryl methyl sites for hydroxylation is 1. The molecule has 0 saturated heterocycles. The van der Waals surface area contributed by atoms with E-state index in [0.717, 1.165) is 5.56 Å². The fourth-order valence-corrected chi connectivity index (χ4v) is 1.98. The first kappa shape index (κ1) is 13.4. The molecule has 19 heavy (non-hydrogen) atoms. The maximum absolute atomic E-state index is 12.2. The Morgan fingerprint density at radius 2 is 1.95 bits per heavy atom. The maximum atomic E-state index is 12.2. The first-order valence-electron chi connectivity index (χ1n) is 6.17. The van der Waals surface area contributed by atoms with Crippen molar-refractivity contribution < 1.29 is 23.8 Å². The van der Waals surface area contributed by atoms with Gasteiger partial charge in [-0.2, -0.15) is 0 Å². The van der Waals surface area contributed by atoms with Gasteiger partial charge in [0.25, 0.3) is 5.78 Å². The highest BCUT2D eigenvalue weighted by molar-refractivity contribution is 6.41. The number of hydrogen-bond acceptors (Lipinski definition) is 5. The van der Waals surface area contributed by atoms with Crippen molar-refractivity contribution in [3.05, 3.63) is 22.8 Å². The monoisotopic (exact) mass is 264 g/mol. The number of rotatable bonds is 3. The van der Waals surface area contributed by atoms with Gasteiger partial charge in [0.15, 0.2) is 11.5 Å². The van der Waals surface area contributed by atoms with Crippen LogP contribution in [0.15, 0.2) is 6.07 Å². The van der Waals surface area contributed by atoms with Crippen LogP contribution in [0.4, 0.5) is 0 Å². The summed E-state index contributed by atoms with van der Waals surface area (Å²) < 4.78 is 15.7. The van der Waals surface area contributed by atoms with Crippen molar-refractivity contribution in [1.29, 1.82) is 0 Å². The molecule has 0 fully saturated rings. The summed E-state index contributed by atoms with van der Waals surface area (Å²) in [7, 11) is 0. The highest BCUT2D eigenvalue weighted by atomic mass is 16.6. The van der Waals surface area contributed by atoms with Gasteiger partial charge in [-0.1, -0.05) is 0 Å². The molecule has 0 bridgehead atoms. The normalized spacial score (nSPS) is 13.0. The summed E-state index contributed by atoms with van der Waals surface area (Å²) in [5.74, 6) is -0.716. The van der Waals surface area contributed by atoms with Crippen LogP contribution in [0, 0.1) is 13.8 Å². The van der Waals surface area contributed by atoms with E-state index >= 15 is 0 Å². The summed E-state index contributed by atoms with van der Waals surface area (Å²) in [4.78, 5) is 23.8. The van der Waals surface area contributed by atoms with Crippen LogP contribution >= 0.6 is 0 Å². The Balaban J connectivity index is 2.52. The van der Waals surface area contributed by atoms with Crippen LogP contribution in [-0.2, 0) is 9.53 Å². The quantitative estimate of drug-likeness (QED) is 0.473.